The van der Waals surface area contributed by atoms with Gasteiger partial charge in [-0.1, -0.05) is 6.07 Å². The number of nitrogens with one attached hydrogen (secondary N) is 1. The van der Waals surface area contributed by atoms with Crippen LogP contribution in [-0.4, -0.2) is 27.1 Å². The average molecular weight is 291 g/mol. The van der Waals surface area contributed by atoms with E-state index in [-0.39, 0.29) is 0 Å². The zero-order chi connectivity index (χ0) is 14.7. The molecule has 6 heteroatoms. The van der Waals surface area contributed by atoms with E-state index < -0.39 is 5.97 Å². The van der Waals surface area contributed by atoms with Gasteiger partial charge in [-0.3, -0.25) is 4.68 Å². The van der Waals surface area contributed by atoms with Crippen molar-refractivity contribution in [2.45, 2.75) is 18.4 Å². The molecule has 0 spiro atoms. The van der Waals surface area contributed by atoms with Crippen LogP contribution < -0.4 is 5.32 Å². The van der Waals surface area contributed by atoms with E-state index in [1.165, 1.54) is 11.8 Å². The van der Waals surface area contributed by atoms with Gasteiger partial charge < -0.3 is 10.4 Å². The Morgan fingerprint density at radius 2 is 2.25 bits per heavy atom. The maximum absolute atomic E-state index is 11.4. The summed E-state index contributed by atoms with van der Waals surface area (Å²) >= 11 is 1.43. The van der Waals surface area contributed by atoms with Gasteiger partial charge in [0.15, 0.2) is 0 Å². The molecule has 0 aliphatic carbocycles. The van der Waals surface area contributed by atoms with Crippen LogP contribution in [0, 0.1) is 6.92 Å². The van der Waals surface area contributed by atoms with E-state index in [2.05, 4.69) is 10.4 Å². The molecular formula is C14H17N3O2S. The Hall–Kier alpha value is -1.95. The van der Waals surface area contributed by atoms with Crippen molar-refractivity contribution >= 4 is 23.4 Å². The molecule has 0 radical (unpaired) electrons. The normalized spacial score (nSPS) is 10.6. The molecule has 0 aliphatic rings. The van der Waals surface area contributed by atoms with Gasteiger partial charge in [0.1, 0.15) is 0 Å². The van der Waals surface area contributed by atoms with E-state index in [0.717, 1.165) is 16.2 Å². The van der Waals surface area contributed by atoms with Gasteiger partial charge >= 0.3 is 5.97 Å². The second-order valence-corrected chi connectivity index (χ2v) is 5.27. The minimum Gasteiger partial charge on any atom is -0.478 e. The molecule has 0 unspecified atom stereocenters. The first-order valence-electron chi connectivity index (χ1n) is 6.16. The van der Waals surface area contributed by atoms with Gasteiger partial charge in [-0.05, 0) is 25.3 Å². The number of hydrogen-bond acceptors (Lipinski definition) is 4. The first kappa shape index (κ1) is 14.5. The molecule has 20 heavy (non-hydrogen) atoms. The number of carbonyl (C=O) groups is 1. The van der Waals surface area contributed by atoms with Crippen molar-refractivity contribution < 1.29 is 9.90 Å². The first-order valence-corrected chi connectivity index (χ1v) is 7.38. The Morgan fingerprint density at radius 1 is 1.50 bits per heavy atom. The van der Waals surface area contributed by atoms with Crippen LogP contribution in [0.5, 0.6) is 0 Å². The first-order chi connectivity index (χ1) is 9.54. The smallest absolute Gasteiger partial charge is 0.338 e. The second-order valence-electron chi connectivity index (χ2n) is 4.42. The molecule has 1 heterocycles. The molecule has 2 rings (SSSR count). The molecular weight excluding hydrogens is 274 g/mol. The Labute approximate surface area is 122 Å². The van der Waals surface area contributed by atoms with E-state index in [1.807, 2.05) is 32.4 Å². The molecule has 0 amide bonds. The SMILES string of the molecule is CSc1cccc(NCc2cnn(C)c2C)c1C(=O)O. The summed E-state index contributed by atoms with van der Waals surface area (Å²) in [5, 5.41) is 16.7. The highest BCUT2D eigenvalue weighted by atomic mass is 32.2. The molecule has 5 nitrogen and oxygen atoms in total. The van der Waals surface area contributed by atoms with Crippen LogP contribution in [0.15, 0.2) is 29.3 Å². The fourth-order valence-corrected chi connectivity index (χ4v) is 2.59. The molecule has 2 N–H and O–H groups in total. The van der Waals surface area contributed by atoms with Crippen molar-refractivity contribution in [1.82, 2.24) is 9.78 Å². The largest absolute Gasteiger partial charge is 0.478 e. The zero-order valence-electron chi connectivity index (χ0n) is 11.7. The molecule has 0 bridgehead atoms. The molecule has 1 aromatic carbocycles. The summed E-state index contributed by atoms with van der Waals surface area (Å²) in [4.78, 5) is 12.2. The van der Waals surface area contributed by atoms with Gasteiger partial charge in [-0.25, -0.2) is 4.79 Å². The van der Waals surface area contributed by atoms with Gasteiger partial charge in [0.05, 0.1) is 17.4 Å². The number of hydrogen-bond donors (Lipinski definition) is 2. The fraction of sp³-hybridized carbons (Fsp3) is 0.286. The number of anilines is 1. The molecule has 0 saturated carbocycles. The van der Waals surface area contributed by atoms with Crippen LogP contribution in [0.4, 0.5) is 5.69 Å². The molecule has 0 atom stereocenters. The zero-order valence-corrected chi connectivity index (χ0v) is 12.5. The van der Waals surface area contributed by atoms with Crippen molar-refractivity contribution in [3.05, 3.63) is 41.2 Å². The number of aryl methyl sites for hydroxylation is 1. The summed E-state index contributed by atoms with van der Waals surface area (Å²) in [7, 11) is 1.88. The third-order valence-corrected chi connectivity index (χ3v) is 4.05. The minimum atomic E-state index is -0.916. The van der Waals surface area contributed by atoms with E-state index in [4.69, 9.17) is 0 Å². The van der Waals surface area contributed by atoms with Crippen LogP contribution in [0.3, 0.4) is 0 Å². The molecule has 0 aliphatic heterocycles. The lowest BCUT2D eigenvalue weighted by Crippen LogP contribution is -2.08. The predicted octanol–water partition coefficient (Wildman–Crippen LogP) is 2.76. The second kappa shape index (κ2) is 6.00. The minimum absolute atomic E-state index is 0.321. The number of aromatic nitrogens is 2. The maximum atomic E-state index is 11.4. The lowest BCUT2D eigenvalue weighted by Gasteiger charge is -2.12. The van der Waals surface area contributed by atoms with Crippen molar-refractivity contribution in [1.29, 1.82) is 0 Å². The summed E-state index contributed by atoms with van der Waals surface area (Å²) in [5.74, 6) is -0.916. The molecule has 1 aromatic heterocycles. The number of nitrogens with zero attached hydrogens (tertiary/aromatic N) is 2. The van der Waals surface area contributed by atoms with Gasteiger partial charge in [-0.2, -0.15) is 5.10 Å². The highest BCUT2D eigenvalue weighted by molar-refractivity contribution is 7.98. The quantitative estimate of drug-likeness (QED) is 0.829. The highest BCUT2D eigenvalue weighted by Gasteiger charge is 2.15. The molecule has 2 aromatic rings. The summed E-state index contributed by atoms with van der Waals surface area (Å²) in [5.41, 5.74) is 3.07. The van der Waals surface area contributed by atoms with E-state index in [0.29, 0.717) is 17.8 Å². The van der Waals surface area contributed by atoms with Gasteiger partial charge in [-0.15, -0.1) is 11.8 Å². The van der Waals surface area contributed by atoms with Crippen molar-refractivity contribution in [3.63, 3.8) is 0 Å². The lowest BCUT2D eigenvalue weighted by atomic mass is 10.1. The average Bonchev–Trinajstić information content (AvgIpc) is 2.75. The topological polar surface area (TPSA) is 67.2 Å². The van der Waals surface area contributed by atoms with Crippen LogP contribution in [0.2, 0.25) is 0 Å². The van der Waals surface area contributed by atoms with E-state index >= 15 is 0 Å². The lowest BCUT2D eigenvalue weighted by molar-refractivity contribution is 0.0694. The van der Waals surface area contributed by atoms with Crippen LogP contribution in [0.1, 0.15) is 21.6 Å². The van der Waals surface area contributed by atoms with Crippen molar-refractivity contribution in [2.75, 3.05) is 11.6 Å². The number of carboxylic acid groups (broad SMARTS) is 1. The molecule has 106 valence electrons. The summed E-state index contributed by atoms with van der Waals surface area (Å²) in [6, 6.07) is 5.46. The van der Waals surface area contributed by atoms with Crippen molar-refractivity contribution in [2.24, 2.45) is 7.05 Å². The number of carboxylic acids is 1. The Balaban J connectivity index is 2.25. The third kappa shape index (κ3) is 2.80. The summed E-state index contributed by atoms with van der Waals surface area (Å²) in [6.07, 6.45) is 3.66. The van der Waals surface area contributed by atoms with Crippen LogP contribution >= 0.6 is 11.8 Å². The monoisotopic (exact) mass is 291 g/mol. The van der Waals surface area contributed by atoms with Gasteiger partial charge in [0.25, 0.3) is 0 Å². The summed E-state index contributed by atoms with van der Waals surface area (Å²) in [6.45, 7) is 2.54. The highest BCUT2D eigenvalue weighted by Crippen LogP contribution is 2.27. The maximum Gasteiger partial charge on any atom is 0.338 e. The standard InChI is InChI=1S/C14H17N3O2S/c1-9-10(8-16-17(9)2)7-15-11-5-4-6-12(20-3)13(11)14(18)19/h4-6,8,15H,7H2,1-3H3,(H,18,19). The molecule has 0 saturated heterocycles. The fourth-order valence-electron chi connectivity index (χ4n) is 1.98. The Kier molecular flexibility index (Phi) is 4.34. The Morgan fingerprint density at radius 3 is 2.80 bits per heavy atom. The van der Waals surface area contributed by atoms with E-state index in [9.17, 15) is 9.90 Å². The number of thioether (sulfide) groups is 1. The number of benzene rings is 1. The van der Waals surface area contributed by atoms with Gasteiger partial charge in [0, 0.05) is 29.7 Å². The number of rotatable bonds is 5. The van der Waals surface area contributed by atoms with E-state index in [1.54, 1.807) is 16.9 Å². The Bertz CT molecular complexity index is 637. The summed E-state index contributed by atoms with van der Waals surface area (Å²) < 4.78 is 1.80. The third-order valence-electron chi connectivity index (χ3n) is 3.27. The number of aromatic carboxylic acids is 1. The van der Waals surface area contributed by atoms with Gasteiger partial charge in [0.2, 0.25) is 0 Å². The van der Waals surface area contributed by atoms with Crippen LogP contribution in [-0.2, 0) is 13.6 Å². The van der Waals surface area contributed by atoms with Crippen LogP contribution in [0.25, 0.3) is 0 Å². The predicted molar refractivity (Wildman–Crippen MR) is 80.5 cm³/mol. The van der Waals surface area contributed by atoms with Crippen molar-refractivity contribution in [3.8, 4) is 0 Å². The molecule has 0 fully saturated rings.